The summed E-state index contributed by atoms with van der Waals surface area (Å²) >= 11 is 0. The van der Waals surface area contributed by atoms with Crippen molar-refractivity contribution in [1.82, 2.24) is 5.32 Å². The quantitative estimate of drug-likeness (QED) is 0.366. The topological polar surface area (TPSA) is 103 Å². The molecule has 0 aromatic heterocycles. The van der Waals surface area contributed by atoms with Crippen molar-refractivity contribution in [1.29, 1.82) is 0 Å². The van der Waals surface area contributed by atoms with Crippen molar-refractivity contribution in [2.24, 2.45) is 5.41 Å². The van der Waals surface area contributed by atoms with E-state index in [2.05, 4.69) is 5.32 Å². The van der Waals surface area contributed by atoms with Crippen LogP contribution in [-0.4, -0.2) is 69.0 Å². The molecule has 0 bridgehead atoms. The van der Waals surface area contributed by atoms with E-state index in [-0.39, 0.29) is 39.6 Å². The SMILES string of the molecule is C.CCOC(=O)CCOCC(C)(CO)COCCCNC(=O)OC(C)(C)C. The Morgan fingerprint density at radius 3 is 2.15 bits per heavy atom. The smallest absolute Gasteiger partial charge is 0.407 e. The third-order valence-electron chi connectivity index (χ3n) is 3.17. The first-order valence-electron chi connectivity index (χ1n) is 9.01. The number of ether oxygens (including phenoxy) is 4. The van der Waals surface area contributed by atoms with Crippen LogP contribution in [0.2, 0.25) is 0 Å². The maximum Gasteiger partial charge on any atom is 0.407 e. The Bertz CT molecular complexity index is 409. The predicted molar refractivity (Wildman–Crippen MR) is 104 cm³/mol. The van der Waals surface area contributed by atoms with Crippen LogP contribution < -0.4 is 5.32 Å². The third-order valence-corrected chi connectivity index (χ3v) is 3.17. The van der Waals surface area contributed by atoms with Gasteiger partial charge in [-0.05, 0) is 34.1 Å². The molecule has 0 fully saturated rings. The largest absolute Gasteiger partial charge is 0.466 e. The fraction of sp³-hybridized carbons (Fsp3) is 0.895. The van der Waals surface area contributed by atoms with Crippen molar-refractivity contribution < 1.29 is 33.6 Å². The van der Waals surface area contributed by atoms with Crippen LogP contribution in [0, 0.1) is 5.41 Å². The van der Waals surface area contributed by atoms with Crippen LogP contribution in [0.5, 0.6) is 0 Å². The second-order valence-electron chi connectivity index (χ2n) is 7.41. The van der Waals surface area contributed by atoms with Crippen LogP contribution >= 0.6 is 0 Å². The summed E-state index contributed by atoms with van der Waals surface area (Å²) in [4.78, 5) is 22.7. The van der Waals surface area contributed by atoms with Crippen LogP contribution in [-0.2, 0) is 23.7 Å². The maximum atomic E-state index is 11.5. The van der Waals surface area contributed by atoms with E-state index in [1.807, 2.05) is 6.92 Å². The molecule has 0 radical (unpaired) electrons. The molecule has 162 valence electrons. The highest BCUT2D eigenvalue weighted by Gasteiger charge is 2.24. The fourth-order valence-corrected chi connectivity index (χ4v) is 1.84. The van der Waals surface area contributed by atoms with E-state index >= 15 is 0 Å². The van der Waals surface area contributed by atoms with Gasteiger partial charge in [-0.15, -0.1) is 0 Å². The second-order valence-corrected chi connectivity index (χ2v) is 7.41. The molecule has 0 heterocycles. The van der Waals surface area contributed by atoms with E-state index in [1.54, 1.807) is 27.7 Å². The van der Waals surface area contributed by atoms with Gasteiger partial charge in [-0.1, -0.05) is 14.4 Å². The summed E-state index contributed by atoms with van der Waals surface area (Å²) < 4.78 is 21.0. The highest BCUT2D eigenvalue weighted by Crippen LogP contribution is 2.16. The Balaban J connectivity index is 0. The Morgan fingerprint density at radius 2 is 1.63 bits per heavy atom. The zero-order chi connectivity index (χ0) is 20.1. The molecule has 0 rings (SSSR count). The van der Waals surface area contributed by atoms with Gasteiger partial charge in [0, 0.05) is 18.6 Å². The zero-order valence-corrected chi connectivity index (χ0v) is 16.8. The van der Waals surface area contributed by atoms with Crippen molar-refractivity contribution >= 4 is 12.1 Å². The van der Waals surface area contributed by atoms with Crippen molar-refractivity contribution in [2.75, 3.05) is 46.2 Å². The molecular weight excluding hydrogens is 354 g/mol. The van der Waals surface area contributed by atoms with Gasteiger partial charge in [0.1, 0.15) is 5.60 Å². The first-order valence-corrected chi connectivity index (χ1v) is 9.01. The van der Waals surface area contributed by atoms with Crippen molar-refractivity contribution in [3.05, 3.63) is 0 Å². The zero-order valence-electron chi connectivity index (χ0n) is 16.8. The van der Waals surface area contributed by atoms with Crippen LogP contribution in [0.3, 0.4) is 0 Å². The summed E-state index contributed by atoms with van der Waals surface area (Å²) in [5.74, 6) is -0.299. The number of carbonyl (C=O) groups is 2. The number of carbonyl (C=O) groups excluding carboxylic acids is 2. The van der Waals surface area contributed by atoms with Gasteiger partial charge >= 0.3 is 12.1 Å². The lowest BCUT2D eigenvalue weighted by atomic mass is 9.94. The average Bonchev–Trinajstić information content (AvgIpc) is 2.53. The van der Waals surface area contributed by atoms with E-state index in [9.17, 15) is 14.7 Å². The Hall–Kier alpha value is -1.38. The number of rotatable bonds is 13. The number of alkyl carbamates (subject to hydrolysis) is 1. The van der Waals surface area contributed by atoms with Gasteiger partial charge in [-0.3, -0.25) is 4.79 Å². The third kappa shape index (κ3) is 16.5. The lowest BCUT2D eigenvalue weighted by molar-refractivity contribution is -0.144. The van der Waals surface area contributed by atoms with Gasteiger partial charge in [0.05, 0.1) is 39.5 Å². The molecule has 0 spiro atoms. The van der Waals surface area contributed by atoms with Crippen molar-refractivity contribution in [3.63, 3.8) is 0 Å². The van der Waals surface area contributed by atoms with Crippen LogP contribution in [0.1, 0.15) is 54.9 Å². The molecule has 1 atom stereocenters. The molecule has 0 aliphatic carbocycles. The van der Waals surface area contributed by atoms with E-state index in [4.69, 9.17) is 18.9 Å². The molecule has 0 aromatic rings. The molecule has 8 nitrogen and oxygen atoms in total. The highest BCUT2D eigenvalue weighted by atomic mass is 16.6. The minimum atomic E-state index is -0.548. The first-order chi connectivity index (χ1) is 12.1. The minimum absolute atomic E-state index is 0. The summed E-state index contributed by atoms with van der Waals surface area (Å²) in [6, 6.07) is 0. The normalized spacial score (nSPS) is 13.3. The molecule has 0 saturated carbocycles. The fourth-order valence-electron chi connectivity index (χ4n) is 1.84. The summed E-state index contributed by atoms with van der Waals surface area (Å²) in [5, 5.41) is 12.2. The van der Waals surface area contributed by atoms with E-state index in [0.29, 0.717) is 32.8 Å². The number of nitrogens with one attached hydrogen (secondary N) is 1. The van der Waals surface area contributed by atoms with Gasteiger partial charge < -0.3 is 29.4 Å². The standard InChI is InChI=1S/C18H35NO7.CH4/c1-6-25-15(21)8-11-24-14-18(5,12-20)13-23-10-7-9-19-16(22)26-17(2,3)4;/h20H,6-14H2,1-5H3,(H,19,22);1H4. The molecule has 0 aliphatic heterocycles. The Morgan fingerprint density at radius 1 is 1.04 bits per heavy atom. The number of amides is 1. The van der Waals surface area contributed by atoms with Gasteiger partial charge in [-0.2, -0.15) is 0 Å². The summed E-state index contributed by atoms with van der Waals surface area (Å²) in [6.45, 7) is 11.0. The van der Waals surface area contributed by atoms with Gasteiger partial charge in [0.2, 0.25) is 0 Å². The maximum absolute atomic E-state index is 11.5. The average molecular weight is 394 g/mol. The molecule has 2 N–H and O–H groups in total. The minimum Gasteiger partial charge on any atom is -0.466 e. The van der Waals surface area contributed by atoms with Gasteiger partial charge in [0.25, 0.3) is 0 Å². The second kappa shape index (κ2) is 14.6. The monoisotopic (exact) mass is 393 g/mol. The Kier molecular flexibility index (Phi) is 15.1. The van der Waals surface area contributed by atoms with Crippen LogP contribution in [0.25, 0.3) is 0 Å². The molecule has 0 aromatic carbocycles. The first kappa shape index (κ1) is 27.8. The van der Waals surface area contributed by atoms with Gasteiger partial charge in [0.15, 0.2) is 0 Å². The van der Waals surface area contributed by atoms with Gasteiger partial charge in [-0.25, -0.2) is 4.79 Å². The lowest BCUT2D eigenvalue weighted by Gasteiger charge is -2.26. The number of aliphatic hydroxyl groups is 1. The molecule has 0 aliphatic rings. The molecule has 1 unspecified atom stereocenters. The highest BCUT2D eigenvalue weighted by molar-refractivity contribution is 5.69. The number of hydrogen-bond acceptors (Lipinski definition) is 7. The molecular formula is C19H39NO7. The number of hydrogen-bond donors (Lipinski definition) is 2. The summed E-state index contributed by atoms with van der Waals surface area (Å²) in [6.07, 6.45) is 0.365. The van der Waals surface area contributed by atoms with Crippen LogP contribution in [0.4, 0.5) is 4.79 Å². The van der Waals surface area contributed by atoms with Crippen molar-refractivity contribution in [3.8, 4) is 0 Å². The van der Waals surface area contributed by atoms with Crippen LogP contribution in [0.15, 0.2) is 0 Å². The van der Waals surface area contributed by atoms with E-state index in [0.717, 1.165) is 0 Å². The van der Waals surface area contributed by atoms with E-state index < -0.39 is 17.1 Å². The number of aliphatic hydroxyl groups excluding tert-OH is 1. The summed E-state index contributed by atoms with van der Waals surface area (Å²) in [5.41, 5.74) is -1.07. The predicted octanol–water partition coefficient (Wildman–Crippen LogP) is 2.52. The summed E-state index contributed by atoms with van der Waals surface area (Å²) in [7, 11) is 0. The molecule has 8 heteroatoms. The molecule has 27 heavy (non-hydrogen) atoms. The molecule has 1 amide bonds. The lowest BCUT2D eigenvalue weighted by Crippen LogP contribution is -2.34. The Labute approximate surface area is 163 Å². The van der Waals surface area contributed by atoms with Crippen molar-refractivity contribution in [2.45, 2.75) is 60.5 Å². The molecule has 0 saturated heterocycles. The van der Waals surface area contributed by atoms with E-state index in [1.165, 1.54) is 0 Å². The number of esters is 1.